The average Bonchev–Trinajstić information content (AvgIpc) is 2.14. The minimum atomic E-state index is -0.772. The number of nitrogens with zero attached hydrogens (tertiary/aromatic N) is 1. The Morgan fingerprint density at radius 1 is 1.38 bits per heavy atom. The maximum atomic E-state index is 12.3. The van der Waals surface area contributed by atoms with Crippen LogP contribution in [0.1, 0.15) is 27.7 Å². The molecule has 1 rings (SSSR count). The van der Waals surface area contributed by atoms with Crippen LogP contribution in [0.15, 0.2) is 0 Å². The lowest BCUT2D eigenvalue weighted by Crippen LogP contribution is -2.54. The fourth-order valence-electron chi connectivity index (χ4n) is 1.84. The van der Waals surface area contributed by atoms with Crippen molar-refractivity contribution in [2.75, 3.05) is 13.1 Å². The van der Waals surface area contributed by atoms with E-state index in [9.17, 15) is 4.79 Å². The molecule has 2 atom stereocenters. The zero-order chi connectivity index (χ0) is 12.5. The van der Waals surface area contributed by atoms with Crippen molar-refractivity contribution in [3.63, 3.8) is 0 Å². The van der Waals surface area contributed by atoms with Gasteiger partial charge in [0.2, 0.25) is 5.91 Å². The Labute approximate surface area is 102 Å². The van der Waals surface area contributed by atoms with E-state index < -0.39 is 5.41 Å². The smallest absolute Gasteiger partial charge is 0.235 e. The lowest BCUT2D eigenvalue weighted by atomic mass is 9.91. The van der Waals surface area contributed by atoms with Crippen molar-refractivity contribution in [3.8, 4) is 0 Å². The predicted molar refractivity (Wildman–Crippen MR) is 67.2 cm³/mol. The molecule has 92 valence electrons. The topological polar surface area (TPSA) is 55.6 Å². The van der Waals surface area contributed by atoms with Crippen LogP contribution in [0.2, 0.25) is 0 Å². The van der Waals surface area contributed by atoms with Crippen LogP contribution in [-0.4, -0.2) is 41.1 Å². The molecule has 1 saturated heterocycles. The van der Waals surface area contributed by atoms with E-state index in [1.807, 2.05) is 13.8 Å². The molecule has 0 bridgehead atoms. The Kier molecular flexibility index (Phi) is 3.91. The first-order chi connectivity index (χ1) is 7.25. The van der Waals surface area contributed by atoms with E-state index in [1.165, 1.54) is 0 Å². The standard InChI is InChI=1S/C11H20N2O2S/c1-7-5-13(6-8(2)15-7)10(14)11(3,4)9(12)16/h7-8H,5-6H2,1-4H3,(H2,12,16). The number of amides is 1. The summed E-state index contributed by atoms with van der Waals surface area (Å²) in [6.07, 6.45) is 0.129. The number of rotatable bonds is 2. The van der Waals surface area contributed by atoms with Crippen molar-refractivity contribution in [3.05, 3.63) is 0 Å². The molecule has 4 nitrogen and oxygen atoms in total. The van der Waals surface area contributed by atoms with Gasteiger partial charge in [0.1, 0.15) is 0 Å². The SMILES string of the molecule is CC1CN(C(=O)C(C)(C)C(N)=S)CC(C)O1. The molecule has 0 radical (unpaired) electrons. The third-order valence-electron chi connectivity index (χ3n) is 2.86. The van der Waals surface area contributed by atoms with Crippen molar-refractivity contribution in [1.82, 2.24) is 4.90 Å². The van der Waals surface area contributed by atoms with E-state index in [0.717, 1.165) is 0 Å². The maximum absolute atomic E-state index is 12.3. The van der Waals surface area contributed by atoms with Crippen LogP contribution < -0.4 is 5.73 Å². The molecule has 1 aliphatic heterocycles. The summed E-state index contributed by atoms with van der Waals surface area (Å²) in [4.78, 5) is 14.3. The molecule has 0 aliphatic carbocycles. The maximum Gasteiger partial charge on any atom is 0.235 e. The molecular weight excluding hydrogens is 224 g/mol. The Morgan fingerprint density at radius 2 is 1.81 bits per heavy atom. The molecule has 0 aromatic rings. The minimum absolute atomic E-state index is 0.0120. The van der Waals surface area contributed by atoms with E-state index in [1.54, 1.807) is 18.7 Å². The summed E-state index contributed by atoms with van der Waals surface area (Å²) in [5.41, 5.74) is 4.83. The highest BCUT2D eigenvalue weighted by Gasteiger charge is 2.37. The van der Waals surface area contributed by atoms with E-state index in [2.05, 4.69) is 0 Å². The van der Waals surface area contributed by atoms with Crippen molar-refractivity contribution in [2.24, 2.45) is 11.1 Å². The molecule has 2 unspecified atom stereocenters. The van der Waals surface area contributed by atoms with Crippen LogP contribution in [0.3, 0.4) is 0 Å². The number of nitrogens with two attached hydrogens (primary N) is 1. The van der Waals surface area contributed by atoms with Crippen molar-refractivity contribution in [2.45, 2.75) is 39.9 Å². The van der Waals surface area contributed by atoms with Gasteiger partial charge in [0.05, 0.1) is 22.6 Å². The van der Waals surface area contributed by atoms with Crippen molar-refractivity contribution in [1.29, 1.82) is 0 Å². The van der Waals surface area contributed by atoms with Crippen LogP contribution in [-0.2, 0) is 9.53 Å². The highest BCUT2D eigenvalue weighted by Crippen LogP contribution is 2.22. The number of hydrogen-bond donors (Lipinski definition) is 1. The molecule has 1 aliphatic rings. The van der Waals surface area contributed by atoms with Gasteiger partial charge in [-0.2, -0.15) is 0 Å². The third kappa shape index (κ3) is 2.71. The third-order valence-corrected chi connectivity index (χ3v) is 3.37. The molecule has 1 amide bonds. The first-order valence-corrected chi connectivity index (χ1v) is 5.90. The predicted octanol–water partition coefficient (Wildman–Crippen LogP) is 0.934. The lowest BCUT2D eigenvalue weighted by molar-refractivity contribution is -0.148. The molecule has 2 N–H and O–H groups in total. The fourth-order valence-corrected chi connectivity index (χ4v) is 1.93. The molecule has 5 heteroatoms. The van der Waals surface area contributed by atoms with Crippen LogP contribution in [0.5, 0.6) is 0 Å². The second-order valence-corrected chi connectivity index (χ2v) is 5.40. The van der Waals surface area contributed by atoms with Crippen molar-refractivity contribution >= 4 is 23.1 Å². The first kappa shape index (κ1) is 13.4. The van der Waals surface area contributed by atoms with Gasteiger partial charge < -0.3 is 15.4 Å². The molecule has 0 spiro atoms. The quantitative estimate of drug-likeness (QED) is 0.734. The van der Waals surface area contributed by atoms with Crippen LogP contribution in [0.25, 0.3) is 0 Å². The summed E-state index contributed by atoms with van der Waals surface area (Å²) >= 11 is 4.94. The zero-order valence-electron chi connectivity index (χ0n) is 10.3. The minimum Gasteiger partial charge on any atom is -0.392 e. The molecule has 0 aromatic heterocycles. The summed E-state index contributed by atoms with van der Waals surface area (Å²) in [6, 6.07) is 0. The Bertz CT molecular complexity index is 294. The summed E-state index contributed by atoms with van der Waals surface area (Å²) in [5, 5.41) is 0. The van der Waals surface area contributed by atoms with Crippen LogP contribution in [0, 0.1) is 5.41 Å². The number of hydrogen-bond acceptors (Lipinski definition) is 3. The Balaban J connectivity index is 2.77. The van der Waals surface area contributed by atoms with E-state index >= 15 is 0 Å². The fraction of sp³-hybridized carbons (Fsp3) is 0.818. The molecule has 1 heterocycles. The average molecular weight is 244 g/mol. The number of carbonyl (C=O) groups excluding carboxylic acids is 1. The van der Waals surface area contributed by atoms with Gasteiger partial charge in [0.25, 0.3) is 0 Å². The Morgan fingerprint density at radius 3 is 2.19 bits per heavy atom. The highest BCUT2D eigenvalue weighted by atomic mass is 32.1. The summed E-state index contributed by atoms with van der Waals surface area (Å²) < 4.78 is 5.58. The van der Waals surface area contributed by atoms with Gasteiger partial charge in [-0.1, -0.05) is 12.2 Å². The number of ether oxygens (including phenoxy) is 1. The number of carbonyl (C=O) groups is 1. The molecule has 16 heavy (non-hydrogen) atoms. The van der Waals surface area contributed by atoms with E-state index in [0.29, 0.717) is 13.1 Å². The normalized spacial score (nSPS) is 26.6. The zero-order valence-corrected chi connectivity index (χ0v) is 11.1. The van der Waals surface area contributed by atoms with Crippen LogP contribution >= 0.6 is 12.2 Å². The largest absolute Gasteiger partial charge is 0.392 e. The van der Waals surface area contributed by atoms with Gasteiger partial charge in [0, 0.05) is 13.1 Å². The van der Waals surface area contributed by atoms with E-state index in [4.69, 9.17) is 22.7 Å². The van der Waals surface area contributed by atoms with Gasteiger partial charge in [-0.05, 0) is 27.7 Å². The molecule has 0 aromatic carbocycles. The van der Waals surface area contributed by atoms with Gasteiger partial charge in [-0.15, -0.1) is 0 Å². The summed E-state index contributed by atoms with van der Waals surface area (Å²) in [6.45, 7) is 8.67. The van der Waals surface area contributed by atoms with Crippen molar-refractivity contribution < 1.29 is 9.53 Å². The Hall–Kier alpha value is -0.680. The highest BCUT2D eigenvalue weighted by molar-refractivity contribution is 7.80. The van der Waals surface area contributed by atoms with Gasteiger partial charge in [-0.25, -0.2) is 0 Å². The van der Waals surface area contributed by atoms with Crippen LogP contribution in [0.4, 0.5) is 0 Å². The summed E-state index contributed by atoms with van der Waals surface area (Å²) in [7, 11) is 0. The molecular formula is C11H20N2O2S. The van der Waals surface area contributed by atoms with E-state index in [-0.39, 0.29) is 23.1 Å². The monoisotopic (exact) mass is 244 g/mol. The molecule has 1 fully saturated rings. The first-order valence-electron chi connectivity index (χ1n) is 5.50. The number of thiocarbonyl (C=S) groups is 1. The van der Waals surface area contributed by atoms with Gasteiger partial charge in [0.15, 0.2) is 0 Å². The van der Waals surface area contributed by atoms with Gasteiger partial charge in [-0.3, -0.25) is 4.79 Å². The second-order valence-electron chi connectivity index (χ2n) is 4.96. The number of morpholine rings is 1. The second kappa shape index (κ2) is 4.67. The molecule has 0 saturated carbocycles. The lowest BCUT2D eigenvalue weighted by Gasteiger charge is -2.39. The van der Waals surface area contributed by atoms with Gasteiger partial charge >= 0.3 is 0 Å². The summed E-state index contributed by atoms with van der Waals surface area (Å²) in [5.74, 6) is -0.0120.